The van der Waals surface area contributed by atoms with Crippen LogP contribution < -0.4 is 5.32 Å². The minimum atomic E-state index is -0.0505. The summed E-state index contributed by atoms with van der Waals surface area (Å²) in [4.78, 5) is 56.3. The molecule has 1 aromatic heterocycles. The molecule has 1 fully saturated rings. The number of allylic oxidation sites excluding steroid dienone is 8. The highest BCUT2D eigenvalue weighted by atomic mass is 35.5. The first-order chi connectivity index (χ1) is 35.7. The molecule has 0 spiro atoms. The Morgan fingerprint density at radius 2 is 1.57 bits per heavy atom. The van der Waals surface area contributed by atoms with Gasteiger partial charge in [-0.05, 0) is 133 Å². The highest BCUT2D eigenvalue weighted by molar-refractivity contribution is 6.34. The Bertz CT molecular complexity index is 2500. The van der Waals surface area contributed by atoms with Crippen LogP contribution >= 0.6 is 11.6 Å². The summed E-state index contributed by atoms with van der Waals surface area (Å²) >= 11 is 7.19. The van der Waals surface area contributed by atoms with E-state index >= 15 is 0 Å². The van der Waals surface area contributed by atoms with Gasteiger partial charge in [-0.3, -0.25) is 29.0 Å². The van der Waals surface area contributed by atoms with Crippen molar-refractivity contribution in [1.29, 1.82) is 0 Å². The quantitative estimate of drug-likeness (QED) is 0.0243. The zero-order valence-electron chi connectivity index (χ0n) is 48.8. The number of rotatable bonds is 28. The molecule has 10 nitrogen and oxygen atoms in total. The average Bonchev–Trinajstić information content (AvgIpc) is 3.70. The van der Waals surface area contributed by atoms with E-state index < -0.39 is 0 Å². The molecule has 1 aliphatic heterocycles. The molecule has 2 N–H and O–H groups in total. The van der Waals surface area contributed by atoms with E-state index in [-0.39, 0.29) is 17.6 Å². The maximum Gasteiger partial charge on any atom is 0.234 e. The van der Waals surface area contributed by atoms with Crippen LogP contribution in [0.1, 0.15) is 153 Å². The fourth-order valence-corrected chi connectivity index (χ4v) is 9.76. The minimum Gasteiger partial charge on any atom is -0.400 e. The van der Waals surface area contributed by atoms with Crippen LogP contribution in [0.15, 0.2) is 101 Å². The highest BCUT2D eigenvalue weighted by Gasteiger charge is 2.26. The largest absolute Gasteiger partial charge is 0.400 e. The Kier molecular flexibility index (Phi) is 30.4. The molecule has 2 aromatic carbocycles. The molecule has 11 heteroatoms. The molecule has 2 unspecified atom stereocenters. The highest BCUT2D eigenvalue weighted by Crippen LogP contribution is 2.41. The number of nitrogens with one attached hydrogen (secondary N) is 1. The van der Waals surface area contributed by atoms with Crippen molar-refractivity contribution in [2.75, 3.05) is 67.0 Å². The van der Waals surface area contributed by atoms with Crippen molar-refractivity contribution < 1.29 is 24.3 Å². The van der Waals surface area contributed by atoms with Gasteiger partial charge in [0.25, 0.3) is 0 Å². The first-order valence-corrected chi connectivity index (χ1v) is 27.9. The molecular formula is C64H96ClN5O5. The van der Waals surface area contributed by atoms with Gasteiger partial charge in [0.1, 0.15) is 5.78 Å². The van der Waals surface area contributed by atoms with Gasteiger partial charge in [-0.2, -0.15) is 0 Å². The molecule has 2 heterocycles. The number of benzene rings is 2. The maximum atomic E-state index is 13.2. The van der Waals surface area contributed by atoms with Gasteiger partial charge in [0, 0.05) is 107 Å². The maximum absolute atomic E-state index is 13.2. The Labute approximate surface area is 458 Å². The van der Waals surface area contributed by atoms with Gasteiger partial charge < -0.3 is 19.9 Å². The standard InChI is InChI=1S/C51H70ClN5O3.C12H22O.CH4O/c1-12-35(3)30-43(39(7)41(9)59)31-37(5)32-53-48(60)33-56-25-23-55(24-26-56)27-28-57-47(34-58)44(20-15-14-18-42-19-16-17-36(4)29-42)45-21-22-46(52)50(51(45)57)49(38(6)13-2)40(8)54(10)11;1-5-7-10(3)8-9-11(4)12(13)6-2;1-2/h13,16-17,19,21-22,29,31,34-35H,5,7,12,14-15,18,20,23-28,30,32-33H2,1-4,6,8-11H3,(H,53,60);7,11H,5-6,8-9H2,1-4H3;2H,1H3/b38-13-,43-31-,49-40+;10-7+;. The molecule has 0 aliphatic carbocycles. The van der Waals surface area contributed by atoms with E-state index in [9.17, 15) is 19.2 Å². The molecule has 4 rings (SSSR count). The van der Waals surface area contributed by atoms with Crippen molar-refractivity contribution in [2.24, 2.45) is 11.8 Å². The molecule has 2 atom stereocenters. The summed E-state index contributed by atoms with van der Waals surface area (Å²) in [6, 6.07) is 12.8. The second kappa shape index (κ2) is 34.5. The Balaban J connectivity index is 0.00000112. The third-order valence-electron chi connectivity index (χ3n) is 14.6. The van der Waals surface area contributed by atoms with Crippen molar-refractivity contribution in [3.8, 4) is 0 Å². The van der Waals surface area contributed by atoms with Gasteiger partial charge in [0.05, 0.1) is 22.8 Å². The topological polar surface area (TPSA) is 115 Å². The van der Waals surface area contributed by atoms with Crippen molar-refractivity contribution in [2.45, 2.75) is 147 Å². The van der Waals surface area contributed by atoms with Gasteiger partial charge in [0.15, 0.2) is 12.1 Å². The van der Waals surface area contributed by atoms with Crippen LogP contribution in [0.25, 0.3) is 16.5 Å². The second-order valence-electron chi connectivity index (χ2n) is 20.7. The Morgan fingerprint density at radius 1 is 0.920 bits per heavy atom. The molecule has 75 heavy (non-hydrogen) atoms. The van der Waals surface area contributed by atoms with Gasteiger partial charge in [0.2, 0.25) is 5.91 Å². The molecule has 3 aromatic rings. The normalized spacial score (nSPS) is 14.7. The summed E-state index contributed by atoms with van der Waals surface area (Å²) in [5.41, 5.74) is 13.3. The fraction of sp³-hybridized carbons (Fsp3) is 0.531. The number of Topliss-reactive ketones (excluding diaryl/α,β-unsaturated/α-hetero) is 2. The number of aryl methyl sites for hydroxylation is 3. The molecule has 0 radical (unpaired) electrons. The van der Waals surface area contributed by atoms with Gasteiger partial charge in [-0.25, -0.2) is 0 Å². The molecule has 414 valence electrons. The van der Waals surface area contributed by atoms with Crippen LogP contribution in [0.2, 0.25) is 5.02 Å². The van der Waals surface area contributed by atoms with Crippen molar-refractivity contribution >= 4 is 51.8 Å². The summed E-state index contributed by atoms with van der Waals surface area (Å²) in [7, 11) is 5.11. The Hall–Kier alpha value is -5.13. The number of ketones is 2. The zero-order valence-corrected chi connectivity index (χ0v) is 49.6. The number of carbonyl (C=O) groups excluding carboxylic acids is 4. The van der Waals surface area contributed by atoms with E-state index in [1.54, 1.807) is 0 Å². The predicted molar refractivity (Wildman–Crippen MR) is 319 cm³/mol. The number of nitrogens with zero attached hydrogens (tertiary/aromatic N) is 4. The SMILES string of the molecule is C=C(/C=C(/CC(C)CC)C(=C)C(C)=O)CNC(=O)CN1CCN(CCn2c(C=O)c(CCCCc3cccc(C)c3)c3ccc(Cl)c(C(/C(C)=C\C)=C(\C)N(C)C)c32)CC1.CC/C=C(\C)CCC(C)C(=O)CC.CO. The summed E-state index contributed by atoms with van der Waals surface area (Å²) in [6.07, 6.45) is 16.7. The molecule has 0 bridgehead atoms. The summed E-state index contributed by atoms with van der Waals surface area (Å²) in [5.74, 6) is 0.947. The van der Waals surface area contributed by atoms with Crippen LogP contribution in [0.5, 0.6) is 0 Å². The minimum absolute atomic E-state index is 0.0496. The first kappa shape index (κ1) is 66.0. The monoisotopic (exact) mass is 1050 g/mol. The lowest BCUT2D eigenvalue weighted by atomic mass is 9.91. The van der Waals surface area contributed by atoms with Crippen LogP contribution in [0.4, 0.5) is 0 Å². The molecule has 1 amide bonds. The lowest BCUT2D eigenvalue weighted by Crippen LogP contribution is -2.50. The fourth-order valence-electron chi connectivity index (χ4n) is 9.51. The van der Waals surface area contributed by atoms with Crippen LogP contribution in [-0.4, -0.2) is 115 Å². The molecule has 1 aliphatic rings. The first-order valence-electron chi connectivity index (χ1n) is 27.5. The van der Waals surface area contributed by atoms with Gasteiger partial charge >= 0.3 is 0 Å². The van der Waals surface area contributed by atoms with Crippen molar-refractivity contribution in [1.82, 2.24) is 24.6 Å². The number of hydrogen-bond donors (Lipinski definition) is 2. The van der Waals surface area contributed by atoms with E-state index in [1.165, 1.54) is 23.6 Å². The molecular weight excluding hydrogens is 954 g/mol. The Morgan fingerprint density at radius 3 is 2.15 bits per heavy atom. The lowest BCUT2D eigenvalue weighted by molar-refractivity contribution is -0.123. The second-order valence-corrected chi connectivity index (χ2v) is 21.1. The number of aromatic nitrogens is 1. The number of aldehydes is 1. The molecule has 1 saturated heterocycles. The van der Waals surface area contributed by atoms with E-state index in [2.05, 4.69) is 150 Å². The van der Waals surface area contributed by atoms with Gasteiger partial charge in [-0.1, -0.05) is 125 Å². The molecule has 0 saturated carbocycles. The number of carbonyl (C=O) groups is 4. The third kappa shape index (κ3) is 21.1. The summed E-state index contributed by atoms with van der Waals surface area (Å²) in [6.45, 7) is 35.8. The van der Waals surface area contributed by atoms with Crippen LogP contribution in [-0.2, 0) is 33.8 Å². The van der Waals surface area contributed by atoms with Crippen LogP contribution in [0.3, 0.4) is 0 Å². The number of piperazine rings is 1. The lowest BCUT2D eigenvalue weighted by Gasteiger charge is -2.34. The zero-order chi connectivity index (χ0) is 56.4. The average molecular weight is 1050 g/mol. The van der Waals surface area contributed by atoms with Crippen molar-refractivity contribution in [3.05, 3.63) is 134 Å². The predicted octanol–water partition coefficient (Wildman–Crippen LogP) is 13.4. The number of hydrogen-bond acceptors (Lipinski definition) is 8. The van der Waals surface area contributed by atoms with E-state index in [1.807, 2.05) is 26.0 Å². The third-order valence-corrected chi connectivity index (χ3v) is 14.9. The number of aliphatic hydroxyl groups excluding tert-OH is 1. The number of unbranched alkanes of at least 4 members (excludes halogenated alkanes) is 1. The number of halogens is 1. The van der Waals surface area contributed by atoms with Crippen LogP contribution in [0, 0.1) is 18.8 Å². The number of aliphatic hydroxyl groups is 1. The summed E-state index contributed by atoms with van der Waals surface area (Å²) in [5, 5.41) is 11.8. The van der Waals surface area contributed by atoms with Crippen molar-refractivity contribution in [3.63, 3.8) is 0 Å². The van der Waals surface area contributed by atoms with Gasteiger partial charge in [-0.15, -0.1) is 0 Å². The van der Waals surface area contributed by atoms with E-state index in [4.69, 9.17) is 16.7 Å². The number of fused-ring (bicyclic) bond motifs is 1. The smallest absolute Gasteiger partial charge is 0.234 e. The van der Waals surface area contributed by atoms with E-state index in [0.717, 1.165) is 160 Å². The number of amides is 1. The summed E-state index contributed by atoms with van der Waals surface area (Å²) < 4.78 is 2.23. The van der Waals surface area contributed by atoms with E-state index in [0.29, 0.717) is 48.4 Å².